The van der Waals surface area contributed by atoms with Crippen molar-refractivity contribution in [1.29, 1.82) is 0 Å². The Balaban J connectivity index is 1.61. The Kier molecular flexibility index (Phi) is 8.94. The average Bonchev–Trinajstić information content (AvgIpc) is 3.43. The Morgan fingerprint density at radius 2 is 1.81 bits per heavy atom. The summed E-state index contributed by atoms with van der Waals surface area (Å²) in [6, 6.07) is 8.39. The summed E-state index contributed by atoms with van der Waals surface area (Å²) in [4.78, 5) is 0. The molecule has 148 valence electrons. The van der Waals surface area contributed by atoms with Gasteiger partial charge in [-0.15, -0.1) is 0 Å². The van der Waals surface area contributed by atoms with Crippen molar-refractivity contribution < 1.29 is 9.84 Å². The Morgan fingerprint density at radius 1 is 1.12 bits per heavy atom. The maximum atomic E-state index is 9.64. The molecule has 0 bridgehead atoms. The van der Waals surface area contributed by atoms with Crippen molar-refractivity contribution in [3.05, 3.63) is 29.8 Å². The number of aliphatic hydroxyl groups is 1. The van der Waals surface area contributed by atoms with E-state index in [9.17, 15) is 5.11 Å². The molecule has 0 aromatic heterocycles. The normalized spacial score (nSPS) is 16.7. The van der Waals surface area contributed by atoms with Gasteiger partial charge in [-0.05, 0) is 55.2 Å². The molecule has 1 saturated carbocycles. The van der Waals surface area contributed by atoms with E-state index in [0.29, 0.717) is 0 Å². The molecule has 0 spiro atoms. The minimum absolute atomic E-state index is 0.0852. The quantitative estimate of drug-likeness (QED) is 0.454. The molecule has 0 aliphatic heterocycles. The van der Waals surface area contributed by atoms with Gasteiger partial charge in [-0.25, -0.2) is 0 Å². The number of ether oxygens (including phenoxy) is 1. The van der Waals surface area contributed by atoms with Crippen LogP contribution in [0.4, 0.5) is 0 Å². The van der Waals surface area contributed by atoms with Crippen LogP contribution in [0.15, 0.2) is 24.3 Å². The molecule has 3 N–H and O–H groups in total. The Morgan fingerprint density at radius 3 is 2.42 bits per heavy atom. The lowest BCUT2D eigenvalue weighted by molar-refractivity contribution is 0.172. The van der Waals surface area contributed by atoms with Crippen molar-refractivity contribution in [2.45, 2.75) is 83.6 Å². The number of unbranched alkanes of at least 4 members (excludes halogenated alkanes) is 3. The number of benzene rings is 1. The fraction of sp³-hybridized carbons (Fsp3) is 0.739. The first kappa shape index (κ1) is 21.2. The lowest BCUT2D eigenvalue weighted by Crippen LogP contribution is -2.44. The number of hydrogen-bond donors (Lipinski definition) is 2. The average molecular weight is 362 g/mol. The van der Waals surface area contributed by atoms with E-state index >= 15 is 0 Å². The van der Waals surface area contributed by atoms with Gasteiger partial charge in [-0.2, -0.15) is 0 Å². The highest BCUT2D eigenvalue weighted by atomic mass is 16.5. The van der Waals surface area contributed by atoms with Crippen LogP contribution < -0.4 is 10.5 Å². The van der Waals surface area contributed by atoms with E-state index in [1.165, 1.54) is 44.1 Å². The summed E-state index contributed by atoms with van der Waals surface area (Å²) < 4.78 is 5.85. The summed E-state index contributed by atoms with van der Waals surface area (Å²) in [5.41, 5.74) is 7.23. The summed E-state index contributed by atoms with van der Waals surface area (Å²) in [5, 5.41) is 9.64. The first-order chi connectivity index (χ1) is 12.5. The zero-order chi connectivity index (χ0) is 18.8. The second-order valence-electron chi connectivity index (χ2n) is 8.76. The fourth-order valence-corrected chi connectivity index (χ4v) is 3.49. The van der Waals surface area contributed by atoms with E-state index in [0.717, 1.165) is 49.9 Å². The van der Waals surface area contributed by atoms with Crippen LogP contribution in [0.2, 0.25) is 0 Å². The third-order valence-corrected chi connectivity index (χ3v) is 5.49. The van der Waals surface area contributed by atoms with Crippen molar-refractivity contribution in [3.8, 4) is 5.75 Å². The van der Waals surface area contributed by atoms with Crippen LogP contribution in [-0.4, -0.2) is 23.9 Å². The minimum Gasteiger partial charge on any atom is -0.494 e. The number of hydrogen-bond acceptors (Lipinski definition) is 3. The van der Waals surface area contributed by atoms with E-state index < -0.39 is 5.54 Å². The molecule has 0 saturated heterocycles. The van der Waals surface area contributed by atoms with Crippen LogP contribution in [0, 0.1) is 11.8 Å². The number of rotatable bonds is 14. The van der Waals surface area contributed by atoms with E-state index in [4.69, 9.17) is 10.5 Å². The SMILES string of the molecule is CC(C)CCCCCCOc1ccc(CC[C@@](N)(CO)CC2CC2)cc1. The zero-order valence-corrected chi connectivity index (χ0v) is 16.9. The predicted molar refractivity (Wildman–Crippen MR) is 110 cm³/mol. The molecular weight excluding hydrogens is 322 g/mol. The van der Waals surface area contributed by atoms with Gasteiger partial charge >= 0.3 is 0 Å². The monoisotopic (exact) mass is 361 g/mol. The van der Waals surface area contributed by atoms with Crippen molar-refractivity contribution in [1.82, 2.24) is 0 Å². The number of aryl methyl sites for hydroxylation is 1. The molecule has 1 aromatic carbocycles. The second kappa shape index (κ2) is 10.9. The molecule has 0 heterocycles. The highest BCUT2D eigenvalue weighted by molar-refractivity contribution is 5.27. The Hall–Kier alpha value is -1.06. The van der Waals surface area contributed by atoms with Gasteiger partial charge in [0.15, 0.2) is 0 Å². The number of nitrogens with two attached hydrogens (primary N) is 1. The largest absolute Gasteiger partial charge is 0.494 e. The van der Waals surface area contributed by atoms with Crippen LogP contribution in [-0.2, 0) is 6.42 Å². The first-order valence-electron chi connectivity index (χ1n) is 10.6. The van der Waals surface area contributed by atoms with Gasteiger partial charge in [0.05, 0.1) is 13.2 Å². The first-order valence-corrected chi connectivity index (χ1v) is 10.6. The van der Waals surface area contributed by atoms with Gasteiger partial charge < -0.3 is 15.6 Å². The second-order valence-corrected chi connectivity index (χ2v) is 8.76. The number of aliphatic hydroxyl groups excluding tert-OH is 1. The maximum Gasteiger partial charge on any atom is 0.119 e. The molecule has 26 heavy (non-hydrogen) atoms. The summed E-state index contributed by atoms with van der Waals surface area (Å²) in [7, 11) is 0. The lowest BCUT2D eigenvalue weighted by atomic mass is 9.88. The molecule has 2 rings (SSSR count). The maximum absolute atomic E-state index is 9.64. The van der Waals surface area contributed by atoms with Gasteiger partial charge in [0.1, 0.15) is 5.75 Å². The van der Waals surface area contributed by atoms with Crippen molar-refractivity contribution in [3.63, 3.8) is 0 Å². The lowest BCUT2D eigenvalue weighted by Gasteiger charge is -2.27. The third kappa shape index (κ3) is 8.55. The third-order valence-electron chi connectivity index (χ3n) is 5.49. The molecular formula is C23H39NO2. The zero-order valence-electron chi connectivity index (χ0n) is 16.9. The van der Waals surface area contributed by atoms with Crippen LogP contribution in [0.1, 0.15) is 77.2 Å². The molecule has 3 nitrogen and oxygen atoms in total. The molecule has 1 aromatic rings. The van der Waals surface area contributed by atoms with Gasteiger partial charge in [0, 0.05) is 5.54 Å². The molecule has 1 fully saturated rings. The van der Waals surface area contributed by atoms with Gasteiger partial charge in [0.25, 0.3) is 0 Å². The molecule has 1 atom stereocenters. The predicted octanol–water partition coefficient (Wildman–Crippen LogP) is 5.09. The smallest absolute Gasteiger partial charge is 0.119 e. The molecule has 3 heteroatoms. The molecule has 0 radical (unpaired) electrons. The van der Waals surface area contributed by atoms with Crippen LogP contribution in [0.3, 0.4) is 0 Å². The summed E-state index contributed by atoms with van der Waals surface area (Å²) in [6.45, 7) is 5.47. The molecule has 0 amide bonds. The summed E-state index contributed by atoms with van der Waals surface area (Å²) in [6.07, 6.45) is 11.7. The van der Waals surface area contributed by atoms with Crippen molar-refractivity contribution in [2.75, 3.05) is 13.2 Å². The fourth-order valence-electron chi connectivity index (χ4n) is 3.49. The molecule has 1 aliphatic carbocycles. The van der Waals surface area contributed by atoms with Crippen LogP contribution in [0.5, 0.6) is 5.75 Å². The van der Waals surface area contributed by atoms with Crippen molar-refractivity contribution in [2.24, 2.45) is 17.6 Å². The van der Waals surface area contributed by atoms with Gasteiger partial charge in [-0.3, -0.25) is 0 Å². The summed E-state index contributed by atoms with van der Waals surface area (Å²) in [5.74, 6) is 2.52. The molecule has 0 unspecified atom stereocenters. The highest BCUT2D eigenvalue weighted by Crippen LogP contribution is 2.37. The summed E-state index contributed by atoms with van der Waals surface area (Å²) >= 11 is 0. The topological polar surface area (TPSA) is 55.5 Å². The van der Waals surface area contributed by atoms with E-state index in [1.807, 2.05) is 0 Å². The Labute approximate surface area is 160 Å². The van der Waals surface area contributed by atoms with E-state index in [1.54, 1.807) is 0 Å². The van der Waals surface area contributed by atoms with Crippen LogP contribution in [0.25, 0.3) is 0 Å². The Bertz CT molecular complexity index is 495. The van der Waals surface area contributed by atoms with Crippen molar-refractivity contribution >= 4 is 0 Å². The van der Waals surface area contributed by atoms with Gasteiger partial charge in [-0.1, -0.05) is 64.5 Å². The minimum atomic E-state index is -0.411. The van der Waals surface area contributed by atoms with Gasteiger partial charge in [0.2, 0.25) is 0 Å². The molecule has 1 aliphatic rings. The standard InChI is InChI=1S/C23H39NO2/c1-19(2)7-5-3-4-6-16-26-22-12-10-20(11-13-22)14-15-23(24,18-25)17-21-8-9-21/h10-13,19,21,25H,3-9,14-18,24H2,1-2H3/t23-/m0/s1. The van der Waals surface area contributed by atoms with E-state index in [-0.39, 0.29) is 6.61 Å². The van der Waals surface area contributed by atoms with Crippen LogP contribution >= 0.6 is 0 Å². The van der Waals surface area contributed by atoms with E-state index in [2.05, 4.69) is 38.1 Å². The highest BCUT2D eigenvalue weighted by Gasteiger charge is 2.33.